The average molecular weight is 566 g/mol. The standard InChI is InChI=1S/C42H31NO/c1-26-10-8-12-30(22-26)43(38-16-9-15-34-33-14-6-7-17-39(33)44-41(34)38)31-20-18-28-24-35-37(25-29(28)23-31)42(2,3)36-21-19-27-11-4-5-13-32(27)40(35)36/h4-25H,1-3H3. The Morgan fingerprint density at radius 3 is 2.18 bits per heavy atom. The molecule has 7 aromatic carbocycles. The molecule has 0 amide bonds. The van der Waals surface area contributed by atoms with Crippen LogP contribution in [-0.4, -0.2) is 0 Å². The molecule has 1 aliphatic carbocycles. The molecule has 2 heteroatoms. The highest BCUT2D eigenvalue weighted by molar-refractivity contribution is 6.11. The zero-order valence-corrected chi connectivity index (χ0v) is 25.1. The third kappa shape index (κ3) is 3.55. The fourth-order valence-electron chi connectivity index (χ4n) is 7.48. The summed E-state index contributed by atoms with van der Waals surface area (Å²) < 4.78 is 6.54. The Hall–Kier alpha value is -5.34. The molecule has 0 aliphatic heterocycles. The minimum atomic E-state index is -0.0883. The van der Waals surface area contributed by atoms with Crippen molar-refractivity contribution in [1.29, 1.82) is 0 Å². The minimum absolute atomic E-state index is 0.0883. The number of anilines is 3. The van der Waals surface area contributed by atoms with Gasteiger partial charge < -0.3 is 9.32 Å². The number of aryl methyl sites for hydroxylation is 1. The lowest BCUT2D eigenvalue weighted by Crippen LogP contribution is -2.15. The molecule has 0 radical (unpaired) electrons. The summed E-state index contributed by atoms with van der Waals surface area (Å²) in [6.45, 7) is 6.88. The molecule has 9 rings (SSSR count). The highest BCUT2D eigenvalue weighted by Gasteiger charge is 2.36. The van der Waals surface area contributed by atoms with Gasteiger partial charge in [0.05, 0.1) is 5.69 Å². The van der Waals surface area contributed by atoms with Gasteiger partial charge in [-0.05, 0) is 105 Å². The number of furan rings is 1. The molecule has 2 nitrogen and oxygen atoms in total. The minimum Gasteiger partial charge on any atom is -0.454 e. The third-order valence-electron chi connectivity index (χ3n) is 9.65. The van der Waals surface area contributed by atoms with Crippen LogP contribution in [0.2, 0.25) is 0 Å². The summed E-state index contributed by atoms with van der Waals surface area (Å²) in [4.78, 5) is 2.35. The van der Waals surface area contributed by atoms with Crippen molar-refractivity contribution in [2.45, 2.75) is 26.2 Å². The fraction of sp³-hybridized carbons (Fsp3) is 0.0952. The van der Waals surface area contributed by atoms with Gasteiger partial charge >= 0.3 is 0 Å². The smallest absolute Gasteiger partial charge is 0.159 e. The van der Waals surface area contributed by atoms with Crippen LogP contribution in [0.3, 0.4) is 0 Å². The van der Waals surface area contributed by atoms with Gasteiger partial charge in [0, 0.05) is 27.6 Å². The number of hydrogen-bond donors (Lipinski definition) is 0. The van der Waals surface area contributed by atoms with Crippen molar-refractivity contribution in [3.05, 3.63) is 150 Å². The molecule has 0 fully saturated rings. The molecule has 8 aromatic rings. The maximum Gasteiger partial charge on any atom is 0.159 e. The van der Waals surface area contributed by atoms with E-state index in [4.69, 9.17) is 4.42 Å². The van der Waals surface area contributed by atoms with Crippen LogP contribution in [0.4, 0.5) is 17.1 Å². The first kappa shape index (κ1) is 25.2. The molecule has 0 atom stereocenters. The fourth-order valence-corrected chi connectivity index (χ4v) is 7.48. The van der Waals surface area contributed by atoms with Crippen LogP contribution in [0.25, 0.3) is 54.6 Å². The Balaban J connectivity index is 1.28. The molecular weight excluding hydrogens is 534 g/mol. The van der Waals surface area contributed by atoms with Gasteiger partial charge in [-0.2, -0.15) is 0 Å². The predicted molar refractivity (Wildman–Crippen MR) is 186 cm³/mol. The van der Waals surface area contributed by atoms with Crippen molar-refractivity contribution < 1.29 is 4.42 Å². The second-order valence-electron chi connectivity index (χ2n) is 12.7. The van der Waals surface area contributed by atoms with Crippen molar-refractivity contribution in [3.63, 3.8) is 0 Å². The first-order chi connectivity index (χ1) is 21.5. The second kappa shape index (κ2) is 9.08. The van der Waals surface area contributed by atoms with Crippen molar-refractivity contribution in [2.75, 3.05) is 4.90 Å². The summed E-state index contributed by atoms with van der Waals surface area (Å²) in [6, 6.07) is 48.6. The summed E-state index contributed by atoms with van der Waals surface area (Å²) in [7, 11) is 0. The number of hydrogen-bond acceptors (Lipinski definition) is 2. The first-order valence-electron chi connectivity index (χ1n) is 15.4. The molecule has 0 unspecified atom stereocenters. The average Bonchev–Trinajstić information content (AvgIpc) is 3.53. The van der Waals surface area contributed by atoms with Crippen molar-refractivity contribution in [1.82, 2.24) is 0 Å². The zero-order valence-electron chi connectivity index (χ0n) is 25.1. The first-order valence-corrected chi connectivity index (χ1v) is 15.4. The normalized spacial score (nSPS) is 13.5. The molecular formula is C42H31NO. The molecule has 1 aliphatic rings. The van der Waals surface area contributed by atoms with Crippen LogP contribution in [0.1, 0.15) is 30.5 Å². The van der Waals surface area contributed by atoms with Crippen LogP contribution in [0.15, 0.2) is 138 Å². The lowest BCUT2D eigenvalue weighted by Gasteiger charge is -2.26. The van der Waals surface area contributed by atoms with Crippen LogP contribution in [0, 0.1) is 6.92 Å². The molecule has 0 bridgehead atoms. The summed E-state index contributed by atoms with van der Waals surface area (Å²) in [6.07, 6.45) is 0. The SMILES string of the molecule is Cc1cccc(N(c2ccc3cc4c(cc3c2)C(C)(C)c2ccc3ccccc3c2-4)c2cccc3c2oc2ccccc23)c1. The summed E-state index contributed by atoms with van der Waals surface area (Å²) in [5.74, 6) is 0. The van der Waals surface area contributed by atoms with E-state index in [1.165, 1.54) is 49.4 Å². The summed E-state index contributed by atoms with van der Waals surface area (Å²) >= 11 is 0. The third-order valence-corrected chi connectivity index (χ3v) is 9.65. The maximum absolute atomic E-state index is 6.54. The molecule has 1 aromatic heterocycles. The van der Waals surface area contributed by atoms with E-state index < -0.39 is 0 Å². The Morgan fingerprint density at radius 2 is 1.30 bits per heavy atom. The zero-order chi connectivity index (χ0) is 29.6. The lowest BCUT2D eigenvalue weighted by atomic mass is 9.81. The largest absolute Gasteiger partial charge is 0.454 e. The van der Waals surface area contributed by atoms with E-state index in [2.05, 4.69) is 153 Å². The number of rotatable bonds is 3. The van der Waals surface area contributed by atoms with Gasteiger partial charge in [-0.3, -0.25) is 0 Å². The molecule has 0 spiro atoms. The molecule has 0 N–H and O–H groups in total. The van der Waals surface area contributed by atoms with Crippen LogP contribution >= 0.6 is 0 Å². The van der Waals surface area contributed by atoms with E-state index in [1.54, 1.807) is 0 Å². The van der Waals surface area contributed by atoms with E-state index in [-0.39, 0.29) is 5.41 Å². The van der Waals surface area contributed by atoms with E-state index in [1.807, 2.05) is 6.07 Å². The highest BCUT2D eigenvalue weighted by Crippen LogP contribution is 2.53. The summed E-state index contributed by atoms with van der Waals surface area (Å²) in [5.41, 5.74) is 11.7. The Labute approximate surface area is 256 Å². The molecule has 0 saturated heterocycles. The van der Waals surface area contributed by atoms with Gasteiger partial charge in [0.25, 0.3) is 0 Å². The number of nitrogens with zero attached hydrogens (tertiary/aromatic N) is 1. The van der Waals surface area contributed by atoms with Crippen LogP contribution in [-0.2, 0) is 5.41 Å². The van der Waals surface area contributed by atoms with Gasteiger partial charge in [0.1, 0.15) is 5.58 Å². The van der Waals surface area contributed by atoms with E-state index in [0.29, 0.717) is 0 Å². The molecule has 0 saturated carbocycles. The van der Waals surface area contributed by atoms with E-state index in [9.17, 15) is 0 Å². The molecule has 1 heterocycles. The lowest BCUT2D eigenvalue weighted by molar-refractivity contribution is 0.661. The summed E-state index contributed by atoms with van der Waals surface area (Å²) in [5, 5.41) is 7.37. The van der Waals surface area contributed by atoms with Gasteiger partial charge in [-0.1, -0.05) is 98.8 Å². The maximum atomic E-state index is 6.54. The van der Waals surface area contributed by atoms with Crippen molar-refractivity contribution in [2.24, 2.45) is 0 Å². The van der Waals surface area contributed by atoms with E-state index in [0.717, 1.165) is 39.0 Å². The van der Waals surface area contributed by atoms with Gasteiger partial charge in [0.15, 0.2) is 5.58 Å². The molecule has 210 valence electrons. The number of fused-ring (bicyclic) bond motifs is 9. The van der Waals surface area contributed by atoms with Crippen LogP contribution in [0.5, 0.6) is 0 Å². The quantitative estimate of drug-likeness (QED) is 0.212. The van der Waals surface area contributed by atoms with Crippen LogP contribution < -0.4 is 4.90 Å². The predicted octanol–water partition coefficient (Wildman–Crippen LogP) is 12.0. The Bertz CT molecular complexity index is 2440. The van der Waals surface area contributed by atoms with Crippen molar-refractivity contribution in [3.8, 4) is 11.1 Å². The van der Waals surface area contributed by atoms with Gasteiger partial charge in [0.2, 0.25) is 0 Å². The Kier molecular flexibility index (Phi) is 5.20. The molecule has 44 heavy (non-hydrogen) atoms. The van der Waals surface area contributed by atoms with E-state index >= 15 is 0 Å². The monoisotopic (exact) mass is 565 g/mol. The Morgan fingerprint density at radius 1 is 0.545 bits per heavy atom. The topological polar surface area (TPSA) is 16.4 Å². The van der Waals surface area contributed by atoms with Gasteiger partial charge in [-0.25, -0.2) is 0 Å². The van der Waals surface area contributed by atoms with Gasteiger partial charge in [-0.15, -0.1) is 0 Å². The van der Waals surface area contributed by atoms with Crippen molar-refractivity contribution >= 4 is 60.5 Å². The second-order valence-corrected chi connectivity index (χ2v) is 12.7. The number of benzene rings is 7. The number of para-hydroxylation sites is 2. The highest BCUT2D eigenvalue weighted by atomic mass is 16.3.